The first kappa shape index (κ1) is 17.6. The average Bonchev–Trinajstić information content (AvgIpc) is 3.34. The minimum absolute atomic E-state index is 0.0852. The van der Waals surface area contributed by atoms with Crippen LogP contribution in [0.2, 0.25) is 0 Å². The van der Waals surface area contributed by atoms with Gasteiger partial charge in [0.1, 0.15) is 5.84 Å². The number of hydrogen-bond acceptors (Lipinski definition) is 6. The number of aromatic nitrogens is 1. The van der Waals surface area contributed by atoms with Crippen LogP contribution in [0.25, 0.3) is 0 Å². The lowest BCUT2D eigenvalue weighted by Gasteiger charge is -2.34. The van der Waals surface area contributed by atoms with Gasteiger partial charge in [0.15, 0.2) is 4.87 Å². The van der Waals surface area contributed by atoms with Crippen LogP contribution in [0.3, 0.4) is 0 Å². The van der Waals surface area contributed by atoms with Gasteiger partial charge in [-0.2, -0.15) is 0 Å². The van der Waals surface area contributed by atoms with Crippen molar-refractivity contribution in [3.8, 4) is 0 Å². The average molecular weight is 394 g/mol. The number of benzene rings is 2. The van der Waals surface area contributed by atoms with Crippen LogP contribution in [-0.4, -0.2) is 15.7 Å². The first-order valence-corrected chi connectivity index (χ1v) is 10.3. The van der Waals surface area contributed by atoms with Crippen LogP contribution < -0.4 is 16.4 Å². The minimum atomic E-state index is -0.761. The highest BCUT2D eigenvalue weighted by Gasteiger charge is 2.46. The van der Waals surface area contributed by atoms with E-state index in [0.717, 1.165) is 22.8 Å². The van der Waals surface area contributed by atoms with Gasteiger partial charge in [-0.1, -0.05) is 36.0 Å². The molecule has 7 heteroatoms. The van der Waals surface area contributed by atoms with E-state index in [9.17, 15) is 0 Å². The summed E-state index contributed by atoms with van der Waals surface area (Å²) in [7, 11) is 0. The second-order valence-corrected chi connectivity index (χ2v) is 8.05. The van der Waals surface area contributed by atoms with E-state index in [-0.39, 0.29) is 11.8 Å². The fourth-order valence-electron chi connectivity index (χ4n) is 3.06. The molecule has 5 N–H and O–H groups in total. The monoisotopic (exact) mass is 393 g/mol. The Bertz CT molecular complexity index is 938. The third-order valence-electron chi connectivity index (χ3n) is 4.41. The molecule has 0 spiro atoms. The topological polar surface area (TPSA) is 86.8 Å². The van der Waals surface area contributed by atoms with Gasteiger partial charge in [-0.3, -0.25) is 5.41 Å². The van der Waals surface area contributed by atoms with Crippen molar-refractivity contribution >= 4 is 46.0 Å². The van der Waals surface area contributed by atoms with Gasteiger partial charge in [-0.15, -0.1) is 11.3 Å². The normalized spacial score (nSPS) is 21.1. The molecule has 5 nitrogen and oxygen atoms in total. The third kappa shape index (κ3) is 3.56. The van der Waals surface area contributed by atoms with Crippen LogP contribution in [0.15, 0.2) is 77.0 Å². The number of nitrogens with zero attached hydrogens (tertiary/aromatic N) is 1. The van der Waals surface area contributed by atoms with Crippen LogP contribution in [-0.2, 0) is 0 Å². The third-order valence-corrected chi connectivity index (χ3v) is 6.26. The Morgan fingerprint density at radius 3 is 2.41 bits per heavy atom. The number of thiazole rings is 1. The molecule has 2 aromatic carbocycles. The predicted molar refractivity (Wildman–Crippen MR) is 116 cm³/mol. The SMILES string of the molecule is N=C(N)C1(Nc2ccc(Nc3ccccc3)cc2)SC=CC1c1cscn1. The molecule has 0 bridgehead atoms. The predicted octanol–water partition coefficient (Wildman–Crippen LogP) is 4.98. The van der Waals surface area contributed by atoms with Gasteiger partial charge in [0, 0.05) is 22.4 Å². The van der Waals surface area contributed by atoms with Gasteiger partial charge in [0.2, 0.25) is 0 Å². The fraction of sp³-hybridized carbons (Fsp3) is 0.100. The van der Waals surface area contributed by atoms with Crippen LogP contribution in [0.1, 0.15) is 11.6 Å². The van der Waals surface area contributed by atoms with Gasteiger partial charge in [-0.25, -0.2) is 4.98 Å². The Morgan fingerprint density at radius 2 is 1.74 bits per heavy atom. The van der Waals surface area contributed by atoms with E-state index < -0.39 is 4.87 Å². The molecule has 0 amide bonds. The maximum atomic E-state index is 8.23. The van der Waals surface area contributed by atoms with Crippen molar-refractivity contribution in [2.75, 3.05) is 10.6 Å². The van der Waals surface area contributed by atoms with E-state index >= 15 is 0 Å². The van der Waals surface area contributed by atoms with Crippen LogP contribution in [0, 0.1) is 5.41 Å². The van der Waals surface area contributed by atoms with Gasteiger partial charge >= 0.3 is 0 Å². The number of thioether (sulfide) groups is 1. The Kier molecular flexibility index (Phi) is 4.87. The summed E-state index contributed by atoms with van der Waals surface area (Å²) < 4.78 is 0. The molecule has 0 fully saturated rings. The first-order chi connectivity index (χ1) is 13.2. The van der Waals surface area contributed by atoms with Crippen LogP contribution in [0.4, 0.5) is 17.1 Å². The molecule has 2 unspecified atom stereocenters. The highest BCUT2D eigenvalue weighted by atomic mass is 32.2. The van der Waals surface area contributed by atoms with Crippen molar-refractivity contribution in [2.24, 2.45) is 5.73 Å². The molecule has 0 aliphatic carbocycles. The van der Waals surface area contributed by atoms with E-state index in [0.29, 0.717) is 0 Å². The molecule has 0 radical (unpaired) electrons. The number of anilines is 3. The molecule has 27 heavy (non-hydrogen) atoms. The fourth-order valence-corrected chi connectivity index (χ4v) is 4.75. The van der Waals surface area contributed by atoms with Gasteiger partial charge in [0.25, 0.3) is 0 Å². The molecule has 3 aromatic rings. The Balaban J connectivity index is 1.55. The number of rotatable bonds is 6. The quantitative estimate of drug-likeness (QED) is 0.351. The van der Waals surface area contributed by atoms with E-state index in [2.05, 4.69) is 21.7 Å². The van der Waals surface area contributed by atoms with Crippen molar-refractivity contribution in [1.82, 2.24) is 4.98 Å². The smallest absolute Gasteiger partial charge is 0.157 e. The summed E-state index contributed by atoms with van der Waals surface area (Å²) in [5, 5.41) is 19.1. The number of nitrogens with two attached hydrogens (primary N) is 1. The lowest BCUT2D eigenvalue weighted by atomic mass is 9.95. The molecule has 0 saturated heterocycles. The molecule has 2 atom stereocenters. The van der Waals surface area contributed by atoms with E-state index in [1.807, 2.05) is 65.4 Å². The minimum Gasteiger partial charge on any atom is -0.385 e. The van der Waals surface area contributed by atoms with E-state index in [4.69, 9.17) is 11.1 Å². The number of para-hydroxylation sites is 1. The summed E-state index contributed by atoms with van der Waals surface area (Å²) in [6, 6.07) is 18.0. The summed E-state index contributed by atoms with van der Waals surface area (Å²) in [4.78, 5) is 3.67. The highest BCUT2D eigenvalue weighted by molar-refractivity contribution is 8.04. The highest BCUT2D eigenvalue weighted by Crippen LogP contribution is 2.47. The molecule has 1 aromatic heterocycles. The maximum absolute atomic E-state index is 8.23. The molecule has 4 rings (SSSR count). The van der Waals surface area contributed by atoms with Crippen molar-refractivity contribution in [3.63, 3.8) is 0 Å². The Morgan fingerprint density at radius 1 is 1.04 bits per heavy atom. The lowest BCUT2D eigenvalue weighted by molar-refractivity contribution is 0.729. The zero-order valence-electron chi connectivity index (χ0n) is 14.4. The molecule has 1 aliphatic rings. The van der Waals surface area contributed by atoms with Crippen molar-refractivity contribution in [2.45, 2.75) is 10.8 Å². The number of hydrogen-bond donors (Lipinski definition) is 4. The molecule has 0 saturated carbocycles. The standard InChI is InChI=1S/C20H19N5S2/c21-19(22)20(17(10-11-27-20)18-12-26-13-23-18)25-16-8-6-15(7-9-16)24-14-4-2-1-3-5-14/h1-13,17,24-25H,(H3,21,22). The maximum Gasteiger partial charge on any atom is 0.157 e. The first-order valence-electron chi connectivity index (χ1n) is 8.45. The molecule has 1 aliphatic heterocycles. The summed E-state index contributed by atoms with van der Waals surface area (Å²) in [5.74, 6) is -0.00430. The number of nitrogens with one attached hydrogen (secondary N) is 3. The van der Waals surface area contributed by atoms with Crippen LogP contribution in [0.5, 0.6) is 0 Å². The van der Waals surface area contributed by atoms with Gasteiger partial charge in [-0.05, 0) is 41.8 Å². The lowest BCUT2D eigenvalue weighted by Crippen LogP contribution is -2.49. The Labute approximate surface area is 166 Å². The van der Waals surface area contributed by atoms with Crippen molar-refractivity contribution < 1.29 is 0 Å². The molecule has 2 heterocycles. The molecule has 136 valence electrons. The molecular formula is C20H19N5S2. The zero-order chi connectivity index (χ0) is 18.7. The summed E-state index contributed by atoms with van der Waals surface area (Å²) in [5.41, 5.74) is 11.7. The largest absolute Gasteiger partial charge is 0.385 e. The zero-order valence-corrected chi connectivity index (χ0v) is 16.1. The van der Waals surface area contributed by atoms with E-state index in [1.165, 1.54) is 11.8 Å². The van der Waals surface area contributed by atoms with Crippen molar-refractivity contribution in [1.29, 1.82) is 5.41 Å². The van der Waals surface area contributed by atoms with Gasteiger partial charge < -0.3 is 16.4 Å². The van der Waals surface area contributed by atoms with Crippen molar-refractivity contribution in [3.05, 3.63) is 82.7 Å². The summed E-state index contributed by atoms with van der Waals surface area (Å²) >= 11 is 3.06. The summed E-state index contributed by atoms with van der Waals surface area (Å²) in [6.45, 7) is 0. The second kappa shape index (κ2) is 7.46. The molecular weight excluding hydrogens is 374 g/mol. The summed E-state index contributed by atoms with van der Waals surface area (Å²) in [6.07, 6.45) is 2.06. The van der Waals surface area contributed by atoms with Gasteiger partial charge in [0.05, 0.1) is 17.1 Å². The Hall–Kier alpha value is -2.77. The van der Waals surface area contributed by atoms with Crippen LogP contribution >= 0.6 is 23.1 Å². The second-order valence-electron chi connectivity index (χ2n) is 6.18. The van der Waals surface area contributed by atoms with E-state index in [1.54, 1.807) is 16.8 Å². The number of amidine groups is 1.